The third kappa shape index (κ3) is 2.41. The number of aromatic nitrogens is 1. The van der Waals surface area contributed by atoms with E-state index in [-0.39, 0.29) is 0 Å². The summed E-state index contributed by atoms with van der Waals surface area (Å²) in [6.07, 6.45) is 2.28. The first-order chi connectivity index (χ1) is 9.69. The zero-order valence-corrected chi connectivity index (χ0v) is 12.5. The molecule has 1 aromatic heterocycles. The number of aryl methyl sites for hydroxylation is 1. The third-order valence-electron chi connectivity index (χ3n) is 4.34. The van der Waals surface area contributed by atoms with Crippen LogP contribution in [0.2, 0.25) is 0 Å². The second-order valence-corrected chi connectivity index (χ2v) is 5.76. The number of benzene rings is 1. The molecule has 0 aliphatic carbocycles. The van der Waals surface area contributed by atoms with Gasteiger partial charge in [-0.1, -0.05) is 12.1 Å². The molecule has 0 saturated carbocycles. The summed E-state index contributed by atoms with van der Waals surface area (Å²) in [4.78, 5) is 4.93. The van der Waals surface area contributed by atoms with Crippen molar-refractivity contribution >= 4 is 16.6 Å². The van der Waals surface area contributed by atoms with Crippen LogP contribution in [0.25, 0.3) is 10.9 Å². The first kappa shape index (κ1) is 13.5. The molecule has 108 valence electrons. The van der Waals surface area contributed by atoms with Crippen LogP contribution in [0.15, 0.2) is 24.4 Å². The Hall–Kier alpha value is -1.52. The van der Waals surface area contributed by atoms with Gasteiger partial charge in [-0.3, -0.25) is 4.90 Å². The lowest BCUT2D eigenvalue weighted by Gasteiger charge is -2.32. The first-order valence-electron chi connectivity index (χ1n) is 7.46. The molecule has 3 rings (SSSR count). The molecule has 1 aliphatic rings. The molecular formula is C16H24N4. The zero-order chi connectivity index (χ0) is 14.1. The molecule has 0 unspecified atom stereocenters. The van der Waals surface area contributed by atoms with E-state index in [0.29, 0.717) is 0 Å². The average Bonchev–Trinajstić information content (AvgIpc) is 2.81. The highest BCUT2D eigenvalue weighted by molar-refractivity contribution is 5.93. The lowest BCUT2D eigenvalue weighted by molar-refractivity contribution is 0.148. The molecule has 1 aliphatic heterocycles. The van der Waals surface area contributed by atoms with Crippen LogP contribution in [0.4, 0.5) is 5.69 Å². The largest absolute Gasteiger partial charge is 0.397 e. The number of nitrogen functional groups attached to an aromatic ring is 1. The number of hydrogen-bond donors (Lipinski definition) is 1. The van der Waals surface area contributed by atoms with Crippen LogP contribution in [-0.2, 0) is 13.1 Å². The van der Waals surface area contributed by atoms with E-state index in [9.17, 15) is 0 Å². The smallest absolute Gasteiger partial charge is 0.0717 e. The quantitative estimate of drug-likeness (QED) is 0.868. The molecule has 4 nitrogen and oxygen atoms in total. The second kappa shape index (κ2) is 5.46. The number of likely N-dealkylation sites (N-methyl/N-ethyl adjacent to an activating group) is 1. The molecule has 20 heavy (non-hydrogen) atoms. The summed E-state index contributed by atoms with van der Waals surface area (Å²) in [6.45, 7) is 8.79. The summed E-state index contributed by atoms with van der Waals surface area (Å²) in [5.41, 5.74) is 9.63. The number of anilines is 1. The fourth-order valence-corrected chi connectivity index (χ4v) is 3.09. The van der Waals surface area contributed by atoms with Gasteiger partial charge >= 0.3 is 0 Å². The fraction of sp³-hybridized carbons (Fsp3) is 0.500. The number of nitrogens with zero attached hydrogens (tertiary/aromatic N) is 3. The molecule has 1 aromatic carbocycles. The van der Waals surface area contributed by atoms with Crippen LogP contribution in [0, 0.1) is 0 Å². The molecule has 0 spiro atoms. The van der Waals surface area contributed by atoms with E-state index in [1.807, 2.05) is 6.07 Å². The van der Waals surface area contributed by atoms with Gasteiger partial charge in [0.05, 0.1) is 11.2 Å². The molecule has 2 N–H and O–H groups in total. The Kier molecular flexibility index (Phi) is 3.68. The van der Waals surface area contributed by atoms with Gasteiger partial charge in [-0.05, 0) is 25.6 Å². The Morgan fingerprint density at radius 1 is 1.15 bits per heavy atom. The molecule has 2 aromatic rings. The van der Waals surface area contributed by atoms with Crippen molar-refractivity contribution in [2.75, 3.05) is 39.0 Å². The number of nitrogens with two attached hydrogens (primary N) is 1. The van der Waals surface area contributed by atoms with Crippen LogP contribution in [-0.4, -0.2) is 47.6 Å². The van der Waals surface area contributed by atoms with Gasteiger partial charge in [0.1, 0.15) is 0 Å². The highest BCUT2D eigenvalue weighted by Gasteiger charge is 2.17. The highest BCUT2D eigenvalue weighted by Crippen LogP contribution is 2.27. The minimum atomic E-state index is 0.883. The summed E-state index contributed by atoms with van der Waals surface area (Å²) < 4.78 is 2.27. The van der Waals surface area contributed by atoms with Crippen molar-refractivity contribution in [3.63, 3.8) is 0 Å². The van der Waals surface area contributed by atoms with Crippen LogP contribution in [0.3, 0.4) is 0 Å². The van der Waals surface area contributed by atoms with Crippen LogP contribution in [0.1, 0.15) is 12.5 Å². The van der Waals surface area contributed by atoms with Crippen LogP contribution in [0.5, 0.6) is 0 Å². The summed E-state index contributed by atoms with van der Waals surface area (Å²) in [5.74, 6) is 0. The van der Waals surface area contributed by atoms with Crippen molar-refractivity contribution in [1.82, 2.24) is 14.4 Å². The predicted molar refractivity (Wildman–Crippen MR) is 84.8 cm³/mol. The van der Waals surface area contributed by atoms with Gasteiger partial charge in [0.25, 0.3) is 0 Å². The summed E-state index contributed by atoms with van der Waals surface area (Å²) in [5, 5.41) is 1.31. The SMILES string of the molecule is CCn1cc(CN2CCN(C)CC2)c2cccc(N)c21. The zero-order valence-electron chi connectivity index (χ0n) is 12.5. The predicted octanol–water partition coefficient (Wildman–Crippen LogP) is 1.99. The van der Waals surface area contributed by atoms with Crippen LogP contribution < -0.4 is 5.73 Å². The van der Waals surface area contributed by atoms with Crippen molar-refractivity contribution in [2.24, 2.45) is 0 Å². The normalized spacial score (nSPS) is 17.9. The highest BCUT2D eigenvalue weighted by atomic mass is 15.2. The molecule has 0 atom stereocenters. The Morgan fingerprint density at radius 2 is 1.90 bits per heavy atom. The molecule has 1 fully saturated rings. The maximum absolute atomic E-state index is 6.16. The van der Waals surface area contributed by atoms with Crippen molar-refractivity contribution < 1.29 is 0 Å². The Balaban J connectivity index is 1.90. The Labute approximate surface area is 120 Å². The maximum atomic E-state index is 6.16. The average molecular weight is 272 g/mol. The van der Waals surface area contributed by atoms with Gasteiger partial charge in [0, 0.05) is 50.9 Å². The lowest BCUT2D eigenvalue weighted by atomic mass is 10.1. The number of hydrogen-bond acceptors (Lipinski definition) is 3. The van der Waals surface area contributed by atoms with Gasteiger partial charge in [-0.2, -0.15) is 0 Å². The molecule has 2 heterocycles. The molecule has 1 saturated heterocycles. The van der Waals surface area contributed by atoms with Crippen molar-refractivity contribution in [3.8, 4) is 0 Å². The summed E-state index contributed by atoms with van der Waals surface area (Å²) >= 11 is 0. The minimum Gasteiger partial charge on any atom is -0.397 e. The van der Waals surface area contributed by atoms with E-state index in [1.54, 1.807) is 0 Å². The topological polar surface area (TPSA) is 37.4 Å². The maximum Gasteiger partial charge on any atom is 0.0717 e. The van der Waals surface area contributed by atoms with E-state index >= 15 is 0 Å². The number of fused-ring (bicyclic) bond motifs is 1. The second-order valence-electron chi connectivity index (χ2n) is 5.76. The summed E-state index contributed by atoms with van der Waals surface area (Å²) in [7, 11) is 2.20. The van der Waals surface area contributed by atoms with E-state index in [2.05, 4.69) is 46.7 Å². The number of rotatable bonds is 3. The van der Waals surface area contributed by atoms with Gasteiger partial charge < -0.3 is 15.2 Å². The van der Waals surface area contributed by atoms with Gasteiger partial charge in [-0.25, -0.2) is 0 Å². The van der Waals surface area contributed by atoms with Gasteiger partial charge in [0.2, 0.25) is 0 Å². The summed E-state index contributed by atoms with van der Waals surface area (Å²) in [6, 6.07) is 6.25. The first-order valence-corrected chi connectivity index (χ1v) is 7.46. The Morgan fingerprint density at radius 3 is 2.60 bits per heavy atom. The third-order valence-corrected chi connectivity index (χ3v) is 4.34. The number of para-hydroxylation sites is 1. The molecular weight excluding hydrogens is 248 g/mol. The monoisotopic (exact) mass is 272 g/mol. The molecule has 4 heteroatoms. The standard InChI is InChI=1S/C16H24N4/c1-3-20-12-13(11-19-9-7-18(2)8-10-19)14-5-4-6-15(17)16(14)20/h4-6,12H,3,7-11,17H2,1-2H3. The van der Waals surface area contributed by atoms with Crippen molar-refractivity contribution in [1.29, 1.82) is 0 Å². The Bertz CT molecular complexity index is 594. The fourth-order valence-electron chi connectivity index (χ4n) is 3.09. The van der Waals surface area contributed by atoms with Gasteiger partial charge in [-0.15, -0.1) is 0 Å². The van der Waals surface area contributed by atoms with Crippen LogP contribution >= 0.6 is 0 Å². The van der Waals surface area contributed by atoms with E-state index in [1.165, 1.54) is 16.5 Å². The lowest BCUT2D eigenvalue weighted by Crippen LogP contribution is -2.43. The molecule has 0 radical (unpaired) electrons. The van der Waals surface area contributed by atoms with E-state index in [4.69, 9.17) is 5.73 Å². The van der Waals surface area contributed by atoms with E-state index in [0.717, 1.165) is 45.0 Å². The molecule has 0 amide bonds. The minimum absolute atomic E-state index is 0.883. The van der Waals surface area contributed by atoms with Crippen molar-refractivity contribution in [2.45, 2.75) is 20.0 Å². The van der Waals surface area contributed by atoms with Crippen molar-refractivity contribution in [3.05, 3.63) is 30.0 Å². The number of piperazine rings is 1. The molecule has 0 bridgehead atoms. The van der Waals surface area contributed by atoms with Gasteiger partial charge in [0.15, 0.2) is 0 Å². The van der Waals surface area contributed by atoms with E-state index < -0.39 is 0 Å².